The van der Waals surface area contributed by atoms with Gasteiger partial charge >= 0.3 is 0 Å². The van der Waals surface area contributed by atoms with Crippen LogP contribution in [0.4, 0.5) is 0 Å². The lowest BCUT2D eigenvalue weighted by molar-refractivity contribution is 0.584. The molecule has 3 rings (SSSR count). The number of halogens is 1. The highest BCUT2D eigenvalue weighted by Gasteiger charge is 2.12. The number of benzene rings is 2. The van der Waals surface area contributed by atoms with Crippen molar-refractivity contribution in [2.75, 3.05) is 0 Å². The average molecular weight is 348 g/mol. The Labute approximate surface area is 139 Å². The molecule has 0 radical (unpaired) electrons. The maximum Gasteiger partial charge on any atom is 0.276 e. The zero-order valence-corrected chi connectivity index (χ0v) is 13.8. The number of nitrogens with zero attached hydrogens (tertiary/aromatic N) is 2. The third-order valence-corrected chi connectivity index (χ3v) is 4.92. The van der Waals surface area contributed by atoms with E-state index < -0.39 is 10.0 Å². The summed E-state index contributed by atoms with van der Waals surface area (Å²) in [6.45, 7) is 0. The summed E-state index contributed by atoms with van der Waals surface area (Å²) in [5.74, 6) is 0. The molecule has 0 aliphatic rings. The number of nitrogens with one attached hydrogen (secondary N) is 1. The van der Waals surface area contributed by atoms with Gasteiger partial charge in [0.15, 0.2) is 0 Å². The second-order valence-corrected chi connectivity index (χ2v) is 7.12. The van der Waals surface area contributed by atoms with Gasteiger partial charge in [0.25, 0.3) is 10.0 Å². The van der Waals surface area contributed by atoms with Crippen LogP contribution in [0.15, 0.2) is 64.7 Å². The molecule has 0 spiro atoms. The van der Waals surface area contributed by atoms with Crippen molar-refractivity contribution in [3.63, 3.8) is 0 Å². The van der Waals surface area contributed by atoms with E-state index >= 15 is 0 Å². The molecule has 3 aromatic rings. The van der Waals surface area contributed by atoms with E-state index in [0.717, 1.165) is 16.5 Å². The average Bonchev–Trinajstić information content (AvgIpc) is 2.85. The molecule has 1 aromatic heterocycles. The van der Waals surface area contributed by atoms with Crippen molar-refractivity contribution in [1.29, 1.82) is 0 Å². The molecule has 7 heteroatoms. The first-order chi connectivity index (χ1) is 11.0. The minimum absolute atomic E-state index is 0.108. The van der Waals surface area contributed by atoms with Gasteiger partial charge in [0.1, 0.15) is 0 Å². The number of fused-ring (bicyclic) bond motifs is 1. The lowest BCUT2D eigenvalue weighted by Gasteiger charge is -2.02. The van der Waals surface area contributed by atoms with Crippen molar-refractivity contribution < 1.29 is 8.42 Å². The molecule has 23 heavy (non-hydrogen) atoms. The van der Waals surface area contributed by atoms with E-state index in [2.05, 4.69) is 9.93 Å². The van der Waals surface area contributed by atoms with E-state index in [-0.39, 0.29) is 4.90 Å². The number of hydrogen-bond donors (Lipinski definition) is 1. The Morgan fingerprint density at radius 2 is 1.83 bits per heavy atom. The lowest BCUT2D eigenvalue weighted by atomic mass is 10.2. The van der Waals surface area contributed by atoms with E-state index in [1.807, 2.05) is 42.1 Å². The molecule has 2 aromatic carbocycles. The normalized spacial score (nSPS) is 12.1. The first-order valence-electron chi connectivity index (χ1n) is 6.82. The van der Waals surface area contributed by atoms with E-state index in [9.17, 15) is 8.42 Å². The Bertz CT molecular complexity index is 976. The van der Waals surface area contributed by atoms with Crippen molar-refractivity contribution >= 4 is 38.7 Å². The fraction of sp³-hybridized carbons (Fsp3) is 0.0625. The van der Waals surface area contributed by atoms with Crippen LogP contribution in [0.1, 0.15) is 5.56 Å². The van der Waals surface area contributed by atoms with Gasteiger partial charge in [-0.3, -0.25) is 0 Å². The van der Waals surface area contributed by atoms with Crippen LogP contribution >= 0.6 is 11.6 Å². The van der Waals surface area contributed by atoms with Crippen LogP contribution < -0.4 is 4.83 Å². The quantitative estimate of drug-likeness (QED) is 0.582. The van der Waals surface area contributed by atoms with Crippen LogP contribution in [-0.2, 0) is 17.1 Å². The maximum atomic E-state index is 12.1. The molecular weight excluding hydrogens is 334 g/mol. The first-order valence-corrected chi connectivity index (χ1v) is 8.68. The van der Waals surface area contributed by atoms with E-state index in [1.54, 1.807) is 0 Å². The van der Waals surface area contributed by atoms with Crippen molar-refractivity contribution in [2.24, 2.45) is 12.1 Å². The van der Waals surface area contributed by atoms with Gasteiger partial charge in [-0.2, -0.15) is 13.5 Å². The second kappa shape index (κ2) is 6.06. The first kappa shape index (κ1) is 15.6. The second-order valence-electron chi connectivity index (χ2n) is 5.02. The van der Waals surface area contributed by atoms with Crippen LogP contribution in [0.3, 0.4) is 0 Å². The van der Waals surface area contributed by atoms with E-state index in [1.165, 1.54) is 30.5 Å². The molecule has 0 saturated carbocycles. The minimum atomic E-state index is -3.71. The molecule has 1 heterocycles. The zero-order valence-electron chi connectivity index (χ0n) is 12.3. The summed E-state index contributed by atoms with van der Waals surface area (Å²) in [7, 11) is -1.78. The summed E-state index contributed by atoms with van der Waals surface area (Å²) in [5.41, 5.74) is 1.89. The van der Waals surface area contributed by atoms with Crippen LogP contribution in [0, 0.1) is 0 Å². The highest BCUT2D eigenvalue weighted by molar-refractivity contribution is 7.89. The summed E-state index contributed by atoms with van der Waals surface area (Å²) >= 11 is 5.76. The summed E-state index contributed by atoms with van der Waals surface area (Å²) in [4.78, 5) is 2.31. The largest absolute Gasteiger partial charge is 0.350 e. The number of rotatable bonds is 4. The number of hydrogen-bond acceptors (Lipinski definition) is 3. The number of sulfonamides is 1. The van der Waals surface area contributed by atoms with Crippen LogP contribution in [0.25, 0.3) is 10.9 Å². The Hall–Kier alpha value is -2.31. The number of para-hydroxylation sites is 1. The van der Waals surface area contributed by atoms with Gasteiger partial charge in [0.05, 0.1) is 11.1 Å². The van der Waals surface area contributed by atoms with Gasteiger partial charge in [0, 0.05) is 34.7 Å². The fourth-order valence-electron chi connectivity index (χ4n) is 2.31. The summed E-state index contributed by atoms with van der Waals surface area (Å²) in [6, 6.07) is 13.7. The topological polar surface area (TPSA) is 63.5 Å². The molecule has 0 amide bonds. The highest BCUT2D eigenvalue weighted by atomic mass is 35.5. The van der Waals surface area contributed by atoms with Gasteiger partial charge in [-0.05, 0) is 30.3 Å². The van der Waals surface area contributed by atoms with E-state index in [4.69, 9.17) is 11.6 Å². The molecule has 0 aliphatic carbocycles. The molecule has 0 bridgehead atoms. The van der Waals surface area contributed by atoms with Gasteiger partial charge in [0.2, 0.25) is 0 Å². The predicted octanol–water partition coefficient (Wildman–Crippen LogP) is 3.14. The van der Waals surface area contributed by atoms with E-state index in [0.29, 0.717) is 5.02 Å². The molecule has 0 atom stereocenters. The Kier molecular flexibility index (Phi) is 4.11. The fourth-order valence-corrected chi connectivity index (χ4v) is 3.22. The Morgan fingerprint density at radius 3 is 2.57 bits per heavy atom. The Balaban J connectivity index is 1.84. The van der Waals surface area contributed by atoms with Crippen LogP contribution in [-0.4, -0.2) is 19.2 Å². The summed E-state index contributed by atoms with van der Waals surface area (Å²) in [6.07, 6.45) is 3.39. The molecule has 0 aliphatic heterocycles. The molecule has 0 unspecified atom stereocenters. The highest BCUT2D eigenvalue weighted by Crippen LogP contribution is 2.18. The standard InChI is InChI=1S/C16H14ClN3O2S/c1-20-11-12(15-4-2-3-5-16(15)20)10-18-19-23(21,22)14-8-6-13(17)7-9-14/h2-11,19H,1H3/b18-10+. The smallest absolute Gasteiger partial charge is 0.276 e. The number of aromatic nitrogens is 1. The van der Waals surface area contributed by atoms with Crippen molar-refractivity contribution in [3.8, 4) is 0 Å². The van der Waals surface area contributed by atoms with Crippen molar-refractivity contribution in [3.05, 3.63) is 65.3 Å². The van der Waals surface area contributed by atoms with Crippen LogP contribution in [0.5, 0.6) is 0 Å². The molecule has 0 saturated heterocycles. The monoisotopic (exact) mass is 347 g/mol. The minimum Gasteiger partial charge on any atom is -0.350 e. The maximum absolute atomic E-state index is 12.1. The summed E-state index contributed by atoms with van der Waals surface area (Å²) < 4.78 is 26.2. The third kappa shape index (κ3) is 3.23. The van der Waals surface area contributed by atoms with Gasteiger partial charge in [-0.25, -0.2) is 4.83 Å². The van der Waals surface area contributed by atoms with Crippen molar-refractivity contribution in [2.45, 2.75) is 4.90 Å². The van der Waals surface area contributed by atoms with Gasteiger partial charge < -0.3 is 4.57 Å². The molecule has 5 nitrogen and oxygen atoms in total. The molecular formula is C16H14ClN3O2S. The summed E-state index contributed by atoms with van der Waals surface area (Å²) in [5, 5.41) is 5.35. The SMILES string of the molecule is Cn1cc(/C=N/NS(=O)(=O)c2ccc(Cl)cc2)c2ccccc21. The predicted molar refractivity (Wildman–Crippen MR) is 92.3 cm³/mol. The van der Waals surface area contributed by atoms with Crippen molar-refractivity contribution in [1.82, 2.24) is 9.40 Å². The van der Waals surface area contributed by atoms with Gasteiger partial charge in [-0.1, -0.05) is 29.8 Å². The number of hydrazone groups is 1. The third-order valence-electron chi connectivity index (χ3n) is 3.43. The van der Waals surface area contributed by atoms with Gasteiger partial charge in [-0.15, -0.1) is 0 Å². The Morgan fingerprint density at radius 1 is 1.13 bits per heavy atom. The zero-order chi connectivity index (χ0) is 16.4. The molecule has 118 valence electrons. The molecule has 0 fully saturated rings. The van der Waals surface area contributed by atoms with Crippen LogP contribution in [0.2, 0.25) is 5.02 Å². The molecule has 1 N–H and O–H groups in total. The lowest BCUT2D eigenvalue weighted by Crippen LogP contribution is -2.18. The number of aryl methyl sites for hydroxylation is 1.